The van der Waals surface area contributed by atoms with Crippen molar-refractivity contribution in [3.05, 3.63) is 18.2 Å². The molecular weight excluding hydrogens is 450 g/mol. The van der Waals surface area contributed by atoms with Gasteiger partial charge in [-0.25, -0.2) is 9.78 Å². The first-order valence-corrected chi connectivity index (χ1v) is 10.7. The molecule has 0 bridgehead atoms. The number of nitrogens with one attached hydrogen (secondary N) is 4. The first-order chi connectivity index (χ1) is 15.8. The van der Waals surface area contributed by atoms with Gasteiger partial charge >= 0.3 is 5.97 Å². The van der Waals surface area contributed by atoms with Crippen molar-refractivity contribution in [2.45, 2.75) is 70.3 Å². The van der Waals surface area contributed by atoms with Crippen LogP contribution in [-0.4, -0.2) is 80.1 Å². The minimum absolute atomic E-state index is 0.119. The fraction of sp³-hybridized carbons (Fsp3) is 0.600. The number of rotatable bonds is 14. The van der Waals surface area contributed by atoms with Gasteiger partial charge in [0.05, 0.1) is 18.5 Å². The third kappa shape index (κ3) is 9.15. The van der Waals surface area contributed by atoms with Crippen molar-refractivity contribution in [3.63, 3.8) is 0 Å². The number of aliphatic hydroxyl groups excluding tert-OH is 1. The molecule has 0 saturated carbocycles. The average molecular weight is 484 g/mol. The first-order valence-electron chi connectivity index (χ1n) is 10.7. The van der Waals surface area contributed by atoms with Crippen LogP contribution in [0, 0.1) is 5.92 Å². The Hall–Kier alpha value is -3.52. The molecule has 5 atom stereocenters. The van der Waals surface area contributed by atoms with E-state index in [4.69, 9.17) is 11.5 Å². The fourth-order valence-corrected chi connectivity index (χ4v) is 2.86. The van der Waals surface area contributed by atoms with Crippen molar-refractivity contribution in [3.8, 4) is 0 Å². The van der Waals surface area contributed by atoms with Crippen molar-refractivity contribution in [1.29, 1.82) is 0 Å². The number of aliphatic carboxylic acids is 1. The minimum atomic E-state index is -1.55. The largest absolute Gasteiger partial charge is 0.480 e. The van der Waals surface area contributed by atoms with E-state index in [9.17, 15) is 34.2 Å². The number of hydrogen-bond acceptors (Lipinski definition) is 8. The number of primary amides is 1. The predicted octanol–water partition coefficient (Wildman–Crippen LogP) is -2.88. The summed E-state index contributed by atoms with van der Waals surface area (Å²) in [5.74, 6) is -4.79. The van der Waals surface area contributed by atoms with Crippen LogP contribution in [0.4, 0.5) is 0 Å². The molecule has 1 aromatic heterocycles. The number of aliphatic hydroxyl groups is 1. The molecule has 0 aliphatic carbocycles. The number of carboxylic acids is 1. The summed E-state index contributed by atoms with van der Waals surface area (Å²) in [6.45, 7) is 4.64. The van der Waals surface area contributed by atoms with Gasteiger partial charge in [0.15, 0.2) is 0 Å². The molecule has 0 fully saturated rings. The maximum Gasteiger partial charge on any atom is 0.326 e. The smallest absolute Gasteiger partial charge is 0.326 e. The van der Waals surface area contributed by atoms with Crippen molar-refractivity contribution in [2.75, 3.05) is 0 Å². The van der Waals surface area contributed by atoms with Gasteiger partial charge in [-0.05, 0) is 19.3 Å². The fourth-order valence-electron chi connectivity index (χ4n) is 2.86. The molecule has 0 aliphatic heterocycles. The number of amides is 4. The van der Waals surface area contributed by atoms with Gasteiger partial charge in [-0.15, -0.1) is 0 Å². The second kappa shape index (κ2) is 13.3. The Kier molecular flexibility index (Phi) is 11.1. The number of carboxylic acid groups (broad SMARTS) is 1. The number of aromatic nitrogens is 2. The van der Waals surface area contributed by atoms with Crippen LogP contribution in [0.25, 0.3) is 0 Å². The summed E-state index contributed by atoms with van der Waals surface area (Å²) in [5, 5.41) is 26.5. The average Bonchev–Trinajstić information content (AvgIpc) is 3.25. The molecule has 1 aromatic rings. The molecule has 190 valence electrons. The van der Waals surface area contributed by atoms with Crippen molar-refractivity contribution < 1.29 is 34.2 Å². The van der Waals surface area contributed by atoms with Gasteiger partial charge in [0.2, 0.25) is 23.6 Å². The monoisotopic (exact) mass is 483 g/mol. The summed E-state index contributed by atoms with van der Waals surface area (Å²) in [6, 6.07) is -5.14. The first kappa shape index (κ1) is 28.5. The Morgan fingerprint density at radius 3 is 2.12 bits per heavy atom. The van der Waals surface area contributed by atoms with E-state index in [2.05, 4.69) is 25.9 Å². The number of H-pyrrole nitrogens is 1. The molecule has 0 saturated heterocycles. The molecule has 10 N–H and O–H groups in total. The minimum Gasteiger partial charge on any atom is -0.480 e. The van der Waals surface area contributed by atoms with Gasteiger partial charge in [-0.2, -0.15) is 0 Å². The molecule has 14 heteroatoms. The third-order valence-corrected chi connectivity index (χ3v) is 4.99. The maximum absolute atomic E-state index is 12.8. The summed E-state index contributed by atoms with van der Waals surface area (Å²) >= 11 is 0. The van der Waals surface area contributed by atoms with E-state index in [1.807, 2.05) is 0 Å². The second-order valence-corrected chi connectivity index (χ2v) is 8.24. The summed E-state index contributed by atoms with van der Waals surface area (Å²) in [6.07, 6.45) is 0.780. The third-order valence-electron chi connectivity index (χ3n) is 4.99. The molecule has 0 spiro atoms. The molecular formula is C20H33N7O7. The lowest BCUT2D eigenvalue weighted by atomic mass is 10.0. The molecule has 1 rings (SSSR count). The Morgan fingerprint density at radius 1 is 1.03 bits per heavy atom. The number of aromatic amines is 1. The zero-order valence-electron chi connectivity index (χ0n) is 19.3. The highest BCUT2D eigenvalue weighted by Crippen LogP contribution is 2.05. The number of carbonyl (C=O) groups is 5. The van der Waals surface area contributed by atoms with Crippen LogP contribution in [0.3, 0.4) is 0 Å². The van der Waals surface area contributed by atoms with E-state index in [1.54, 1.807) is 13.8 Å². The molecule has 0 radical (unpaired) electrons. The van der Waals surface area contributed by atoms with Crippen molar-refractivity contribution >= 4 is 29.6 Å². The predicted molar refractivity (Wildman–Crippen MR) is 119 cm³/mol. The molecule has 0 aromatic carbocycles. The Labute approximate surface area is 196 Å². The molecule has 0 aliphatic rings. The zero-order valence-corrected chi connectivity index (χ0v) is 19.3. The summed E-state index contributed by atoms with van der Waals surface area (Å²) in [4.78, 5) is 67.2. The Morgan fingerprint density at radius 2 is 1.65 bits per heavy atom. The van der Waals surface area contributed by atoms with E-state index in [0.29, 0.717) is 5.69 Å². The van der Waals surface area contributed by atoms with Crippen molar-refractivity contribution in [1.82, 2.24) is 25.9 Å². The van der Waals surface area contributed by atoms with Gasteiger partial charge in [-0.1, -0.05) is 13.8 Å². The van der Waals surface area contributed by atoms with Crippen molar-refractivity contribution in [2.24, 2.45) is 17.4 Å². The van der Waals surface area contributed by atoms with Crippen LogP contribution >= 0.6 is 0 Å². The van der Waals surface area contributed by atoms with E-state index >= 15 is 0 Å². The Balaban J connectivity index is 2.96. The van der Waals surface area contributed by atoms with Gasteiger partial charge in [0, 0.05) is 24.7 Å². The summed E-state index contributed by atoms with van der Waals surface area (Å²) < 4.78 is 0. The number of nitrogens with zero attached hydrogens (tertiary/aromatic N) is 1. The topological polar surface area (TPSA) is 243 Å². The van der Waals surface area contributed by atoms with Crippen LogP contribution in [0.1, 0.15) is 39.3 Å². The quantitative estimate of drug-likeness (QED) is 0.135. The molecule has 1 heterocycles. The van der Waals surface area contributed by atoms with Crippen LogP contribution in [-0.2, 0) is 30.4 Å². The van der Waals surface area contributed by atoms with Gasteiger partial charge in [-0.3, -0.25) is 19.2 Å². The summed E-state index contributed by atoms with van der Waals surface area (Å²) in [5.41, 5.74) is 11.4. The van der Waals surface area contributed by atoms with Gasteiger partial charge in [0.25, 0.3) is 0 Å². The molecule has 5 unspecified atom stereocenters. The molecule has 34 heavy (non-hydrogen) atoms. The Bertz CT molecular complexity index is 857. The molecule has 4 amide bonds. The number of nitrogens with two attached hydrogens (primary N) is 2. The van der Waals surface area contributed by atoms with Crippen LogP contribution in [0.2, 0.25) is 0 Å². The lowest BCUT2D eigenvalue weighted by molar-refractivity contribution is -0.143. The lowest BCUT2D eigenvalue weighted by Gasteiger charge is -2.26. The highest BCUT2D eigenvalue weighted by atomic mass is 16.4. The summed E-state index contributed by atoms with van der Waals surface area (Å²) in [7, 11) is 0. The lowest BCUT2D eigenvalue weighted by Crippen LogP contribution is -2.60. The number of hydrogen-bond donors (Lipinski definition) is 8. The van der Waals surface area contributed by atoms with Gasteiger partial charge < -0.3 is 42.6 Å². The van der Waals surface area contributed by atoms with Crippen LogP contribution in [0.15, 0.2) is 12.5 Å². The standard InChI is InChI=1S/C20H33N7O7/c1-9(2)15(22)18(31)25-12(4-5-14(21)29)17(30)27-16(10(3)28)19(32)26-13(20(33)34)6-11-7-23-8-24-11/h7-10,12-13,15-16,28H,4-6,22H2,1-3H3,(H2,21,29)(H,23,24)(H,25,31)(H,26,32)(H,27,30)(H,33,34). The normalized spacial score (nSPS) is 15.5. The number of imidazole rings is 1. The van der Waals surface area contributed by atoms with Crippen LogP contribution in [0.5, 0.6) is 0 Å². The SMILES string of the molecule is CC(C)C(N)C(=O)NC(CCC(N)=O)C(=O)NC(C(=O)NC(Cc1cnc[nH]1)C(=O)O)C(C)O. The van der Waals surface area contributed by atoms with Crippen LogP contribution < -0.4 is 27.4 Å². The number of carbonyl (C=O) groups excluding carboxylic acids is 4. The zero-order chi connectivity index (χ0) is 26.0. The van der Waals surface area contributed by atoms with E-state index in [1.165, 1.54) is 19.4 Å². The van der Waals surface area contributed by atoms with E-state index in [-0.39, 0.29) is 25.2 Å². The van der Waals surface area contributed by atoms with E-state index in [0.717, 1.165) is 0 Å². The highest BCUT2D eigenvalue weighted by molar-refractivity contribution is 5.94. The van der Waals surface area contributed by atoms with Gasteiger partial charge in [0.1, 0.15) is 18.1 Å². The second-order valence-electron chi connectivity index (χ2n) is 8.24. The maximum atomic E-state index is 12.8. The molecule has 14 nitrogen and oxygen atoms in total. The van der Waals surface area contributed by atoms with E-state index < -0.39 is 59.9 Å². The highest BCUT2D eigenvalue weighted by Gasteiger charge is 2.33.